The topological polar surface area (TPSA) is 151 Å². The van der Waals surface area contributed by atoms with E-state index >= 15 is 0 Å². The van der Waals surface area contributed by atoms with Gasteiger partial charge in [-0.25, -0.2) is 8.42 Å². The monoisotopic (exact) mass is 720 g/mol. The first kappa shape index (κ1) is 35.3. The number of carbonyl (C=O) groups excluding carboxylic acids is 1. The maximum atomic E-state index is 13.8. The minimum atomic E-state index is -3.96. The third kappa shape index (κ3) is 8.07. The molecule has 0 radical (unpaired) electrons. The van der Waals surface area contributed by atoms with Gasteiger partial charge in [0.1, 0.15) is 18.1 Å². The fourth-order valence-corrected chi connectivity index (χ4v) is 8.14. The molecule has 264 valence electrons. The number of nitrogens with zero attached hydrogens (tertiary/aromatic N) is 5. The maximum Gasteiger partial charge on any atom is 0.301 e. The van der Waals surface area contributed by atoms with Crippen LogP contribution in [0.15, 0.2) is 90.2 Å². The minimum Gasteiger partial charge on any atom is -0.494 e. The summed E-state index contributed by atoms with van der Waals surface area (Å²) in [7, 11) is -4.90. The molecule has 0 spiro atoms. The number of aromatic nitrogens is 2. The molecule has 0 fully saturated rings. The number of ether oxygens (including phenoxy) is 2. The van der Waals surface area contributed by atoms with Gasteiger partial charge in [-0.2, -0.15) is 17.0 Å². The summed E-state index contributed by atoms with van der Waals surface area (Å²) in [6.45, 7) is 1.13. The van der Waals surface area contributed by atoms with Crippen molar-refractivity contribution in [2.45, 2.75) is 36.6 Å². The van der Waals surface area contributed by atoms with Crippen molar-refractivity contribution in [3.8, 4) is 11.5 Å². The largest absolute Gasteiger partial charge is 0.494 e. The van der Waals surface area contributed by atoms with Crippen LogP contribution in [0.3, 0.4) is 0 Å². The number of fused-ring (bicyclic) bond motifs is 8. The number of benzene rings is 3. The summed E-state index contributed by atoms with van der Waals surface area (Å²) in [5.74, 6) is 1.26. The van der Waals surface area contributed by atoms with Crippen molar-refractivity contribution >= 4 is 31.8 Å². The van der Waals surface area contributed by atoms with Crippen molar-refractivity contribution in [1.82, 2.24) is 23.5 Å². The lowest BCUT2D eigenvalue weighted by Crippen LogP contribution is -2.40. The molecule has 0 saturated carbocycles. The summed E-state index contributed by atoms with van der Waals surface area (Å²) in [6, 6.07) is 18.8. The van der Waals surface area contributed by atoms with Crippen LogP contribution in [0.5, 0.6) is 11.5 Å². The SMILES string of the molecule is CN(C)S(=O)(=O)Nc1ccc(S(=O)(=O)N2CCCOc3cccc(c3)C3c4ccc(cc4CCN3C(=O)CCc3cnccn3)OCC2)cc1. The molecule has 13 nitrogen and oxygen atoms in total. The van der Waals surface area contributed by atoms with E-state index < -0.39 is 20.2 Å². The van der Waals surface area contributed by atoms with E-state index in [1.807, 2.05) is 47.4 Å². The first-order chi connectivity index (χ1) is 24.0. The number of nitrogens with one attached hydrogen (secondary N) is 1. The molecule has 1 N–H and O–H groups in total. The van der Waals surface area contributed by atoms with Crippen molar-refractivity contribution in [2.24, 2.45) is 0 Å². The second-order valence-corrected chi connectivity index (χ2v) is 16.1. The zero-order chi connectivity index (χ0) is 35.3. The molecule has 4 aromatic rings. The summed E-state index contributed by atoms with van der Waals surface area (Å²) in [4.78, 5) is 24.1. The van der Waals surface area contributed by atoms with Gasteiger partial charge >= 0.3 is 10.2 Å². The molecule has 1 unspecified atom stereocenters. The van der Waals surface area contributed by atoms with E-state index in [0.29, 0.717) is 43.7 Å². The molecule has 4 heterocycles. The Morgan fingerprint density at radius 2 is 1.70 bits per heavy atom. The molecule has 6 bridgehead atoms. The molecule has 1 aromatic heterocycles. The van der Waals surface area contributed by atoms with E-state index in [-0.39, 0.29) is 48.8 Å². The Kier molecular flexibility index (Phi) is 10.7. The van der Waals surface area contributed by atoms with E-state index in [0.717, 1.165) is 26.7 Å². The van der Waals surface area contributed by atoms with Crippen molar-refractivity contribution in [2.75, 3.05) is 51.7 Å². The molecule has 1 atom stereocenters. The van der Waals surface area contributed by atoms with Crippen LogP contribution < -0.4 is 14.2 Å². The number of hydrogen-bond acceptors (Lipinski definition) is 9. The van der Waals surface area contributed by atoms with Gasteiger partial charge in [-0.1, -0.05) is 18.2 Å². The highest BCUT2D eigenvalue weighted by molar-refractivity contribution is 7.90. The van der Waals surface area contributed by atoms with E-state index in [1.165, 1.54) is 42.7 Å². The molecule has 50 heavy (non-hydrogen) atoms. The Bertz CT molecular complexity index is 2030. The van der Waals surface area contributed by atoms with Gasteiger partial charge in [0.2, 0.25) is 15.9 Å². The van der Waals surface area contributed by atoms with Crippen LogP contribution in [0.2, 0.25) is 0 Å². The predicted molar refractivity (Wildman–Crippen MR) is 188 cm³/mol. The Morgan fingerprint density at radius 1 is 0.920 bits per heavy atom. The normalized spacial score (nSPS) is 17.2. The highest BCUT2D eigenvalue weighted by Crippen LogP contribution is 2.38. The number of anilines is 1. The molecule has 3 aliphatic rings. The Morgan fingerprint density at radius 3 is 2.46 bits per heavy atom. The first-order valence-electron chi connectivity index (χ1n) is 16.3. The third-order valence-electron chi connectivity index (χ3n) is 8.70. The number of sulfonamides is 1. The maximum absolute atomic E-state index is 13.8. The van der Waals surface area contributed by atoms with Crippen molar-refractivity contribution in [1.29, 1.82) is 0 Å². The highest BCUT2D eigenvalue weighted by Gasteiger charge is 2.33. The quantitative estimate of drug-likeness (QED) is 0.288. The highest BCUT2D eigenvalue weighted by atomic mass is 32.2. The van der Waals surface area contributed by atoms with Gasteiger partial charge in [0.15, 0.2) is 0 Å². The van der Waals surface area contributed by atoms with Crippen LogP contribution in [0, 0.1) is 0 Å². The van der Waals surface area contributed by atoms with Crippen LogP contribution in [0.4, 0.5) is 5.69 Å². The number of amides is 1. The number of hydrogen-bond donors (Lipinski definition) is 1. The van der Waals surface area contributed by atoms with Gasteiger partial charge in [-0.15, -0.1) is 0 Å². The lowest BCUT2D eigenvalue weighted by atomic mass is 9.87. The van der Waals surface area contributed by atoms with E-state index in [2.05, 4.69) is 14.7 Å². The number of aryl methyl sites for hydroxylation is 1. The van der Waals surface area contributed by atoms with Crippen LogP contribution in [0.25, 0.3) is 0 Å². The fraction of sp³-hybridized carbons (Fsp3) is 0.343. The second-order valence-electron chi connectivity index (χ2n) is 12.2. The molecule has 15 heteroatoms. The van der Waals surface area contributed by atoms with Crippen LogP contribution in [-0.2, 0) is 37.9 Å². The second kappa shape index (κ2) is 15.1. The smallest absolute Gasteiger partial charge is 0.301 e. The molecular weight excluding hydrogens is 681 g/mol. The van der Waals surface area contributed by atoms with Crippen molar-refractivity contribution in [3.05, 3.63) is 108 Å². The zero-order valence-corrected chi connectivity index (χ0v) is 29.6. The van der Waals surface area contributed by atoms with Gasteiger partial charge in [-0.05, 0) is 84.5 Å². The van der Waals surface area contributed by atoms with E-state index in [1.54, 1.807) is 18.6 Å². The summed E-state index contributed by atoms with van der Waals surface area (Å²) in [5, 5.41) is 0. The summed E-state index contributed by atoms with van der Waals surface area (Å²) < 4.78 is 69.0. The lowest BCUT2D eigenvalue weighted by molar-refractivity contribution is -0.133. The molecule has 0 saturated heterocycles. The third-order valence-corrected chi connectivity index (χ3v) is 12.1. The number of rotatable bonds is 8. The molecule has 3 aliphatic heterocycles. The molecule has 7 rings (SSSR count). The minimum absolute atomic E-state index is 0.0261. The Labute approximate surface area is 293 Å². The molecular formula is C35H40N6O7S2. The van der Waals surface area contributed by atoms with Gasteiger partial charge in [0, 0.05) is 64.4 Å². The summed E-state index contributed by atoms with van der Waals surface area (Å²) in [6.07, 6.45) is 6.76. The van der Waals surface area contributed by atoms with Gasteiger partial charge in [-0.3, -0.25) is 19.5 Å². The molecule has 0 aliphatic carbocycles. The first-order valence-corrected chi connectivity index (χ1v) is 19.2. The summed E-state index contributed by atoms with van der Waals surface area (Å²) in [5.41, 5.74) is 3.98. The fourth-order valence-electron chi connectivity index (χ4n) is 6.07. The summed E-state index contributed by atoms with van der Waals surface area (Å²) >= 11 is 0. The lowest BCUT2D eigenvalue weighted by Gasteiger charge is -2.38. The van der Waals surface area contributed by atoms with Crippen molar-refractivity contribution < 1.29 is 31.1 Å². The number of carbonyl (C=O) groups is 1. The van der Waals surface area contributed by atoms with Gasteiger partial charge in [0.05, 0.1) is 23.2 Å². The van der Waals surface area contributed by atoms with Gasteiger partial charge in [0.25, 0.3) is 0 Å². The van der Waals surface area contributed by atoms with Crippen molar-refractivity contribution in [3.63, 3.8) is 0 Å². The molecule has 1 amide bonds. The standard InChI is InChI=1S/C35H40N6O7S2/c1-39(2)50(45,46)38-28-7-11-32(12-8-28)49(43,44)40-18-4-21-47-30-6-3-5-27(24-30)35-33-13-10-31(48-22-20-40)23-26(33)15-19-41(35)34(42)14-9-29-25-36-16-17-37-29/h3,5-8,10-13,16-17,23-25,35,38H,4,9,14-15,18-22H2,1-2H3. The van der Waals surface area contributed by atoms with E-state index in [4.69, 9.17) is 9.47 Å². The van der Waals surface area contributed by atoms with Crippen LogP contribution in [0.1, 0.15) is 41.3 Å². The Balaban J connectivity index is 1.23. The average Bonchev–Trinajstić information content (AvgIpc) is 3.11. The average molecular weight is 721 g/mol. The van der Waals surface area contributed by atoms with E-state index in [9.17, 15) is 21.6 Å². The van der Waals surface area contributed by atoms with Crippen LogP contribution in [-0.4, -0.2) is 93.2 Å². The Hall–Kier alpha value is -4.57. The predicted octanol–water partition coefficient (Wildman–Crippen LogP) is 3.65. The van der Waals surface area contributed by atoms with Gasteiger partial charge < -0.3 is 14.4 Å². The zero-order valence-electron chi connectivity index (χ0n) is 27.9. The van der Waals surface area contributed by atoms with Crippen LogP contribution >= 0.6 is 0 Å². The molecule has 3 aromatic carbocycles.